The third kappa shape index (κ3) is 4.35. The van der Waals surface area contributed by atoms with Gasteiger partial charge in [0.15, 0.2) is 6.10 Å². The number of aliphatic hydroxyl groups is 1. The topological polar surface area (TPSA) is 75.6 Å². The van der Waals surface area contributed by atoms with Gasteiger partial charge in [-0.15, -0.1) is 0 Å². The number of ether oxygens (including phenoxy) is 1. The maximum absolute atomic E-state index is 11.7. The molecule has 0 heterocycles. The van der Waals surface area contributed by atoms with Gasteiger partial charge in [-0.05, 0) is 38.1 Å². The van der Waals surface area contributed by atoms with Gasteiger partial charge in [0, 0.05) is 10.7 Å². The summed E-state index contributed by atoms with van der Waals surface area (Å²) in [6.07, 6.45) is -2.24. The third-order valence-corrected chi connectivity index (χ3v) is 2.37. The van der Waals surface area contributed by atoms with Crippen LogP contribution in [-0.4, -0.2) is 29.2 Å². The summed E-state index contributed by atoms with van der Waals surface area (Å²) in [5.74, 6) is -1.32. The van der Waals surface area contributed by atoms with Crippen LogP contribution < -0.4 is 5.32 Å². The van der Waals surface area contributed by atoms with Gasteiger partial charge in [0.25, 0.3) is 5.91 Å². The Kier molecular flexibility index (Phi) is 5.12. The fourth-order valence-electron chi connectivity index (χ4n) is 1.10. The summed E-state index contributed by atoms with van der Waals surface area (Å²) in [7, 11) is 0. The number of rotatable bonds is 4. The van der Waals surface area contributed by atoms with E-state index in [-0.39, 0.29) is 0 Å². The second kappa shape index (κ2) is 6.37. The van der Waals surface area contributed by atoms with Crippen LogP contribution in [0.2, 0.25) is 5.02 Å². The lowest BCUT2D eigenvalue weighted by molar-refractivity contribution is -0.160. The molecule has 0 fully saturated rings. The van der Waals surface area contributed by atoms with E-state index in [2.05, 4.69) is 5.32 Å². The third-order valence-electron chi connectivity index (χ3n) is 2.12. The number of aliphatic hydroxyl groups excluding tert-OH is 1. The molecule has 0 aliphatic heterocycles. The van der Waals surface area contributed by atoms with Crippen LogP contribution in [0.3, 0.4) is 0 Å². The number of carbonyl (C=O) groups excluding carboxylic acids is 2. The normalized spacial score (nSPS) is 13.6. The van der Waals surface area contributed by atoms with Gasteiger partial charge in [-0.2, -0.15) is 0 Å². The highest BCUT2D eigenvalue weighted by molar-refractivity contribution is 6.30. The molecule has 0 aliphatic carbocycles. The van der Waals surface area contributed by atoms with E-state index in [9.17, 15) is 9.59 Å². The predicted octanol–water partition coefficient (Wildman–Crippen LogP) is 1.59. The Bertz CT molecular complexity index is 430. The van der Waals surface area contributed by atoms with Crippen molar-refractivity contribution in [3.05, 3.63) is 29.3 Å². The minimum absolute atomic E-state index is 0.480. The Labute approximate surface area is 110 Å². The molecule has 0 bridgehead atoms. The van der Waals surface area contributed by atoms with E-state index >= 15 is 0 Å². The van der Waals surface area contributed by atoms with E-state index < -0.39 is 24.1 Å². The van der Waals surface area contributed by atoms with E-state index in [4.69, 9.17) is 21.4 Å². The minimum Gasteiger partial charge on any atom is -0.451 e. The zero-order chi connectivity index (χ0) is 13.7. The Hall–Kier alpha value is -1.59. The Morgan fingerprint density at radius 1 is 1.28 bits per heavy atom. The molecule has 6 heteroatoms. The summed E-state index contributed by atoms with van der Waals surface area (Å²) in [4.78, 5) is 22.7. The van der Waals surface area contributed by atoms with Gasteiger partial charge in [0.1, 0.15) is 6.10 Å². The van der Waals surface area contributed by atoms with Crippen molar-refractivity contribution < 1.29 is 19.4 Å². The molecule has 0 saturated heterocycles. The Morgan fingerprint density at radius 3 is 2.33 bits per heavy atom. The second-order valence-corrected chi connectivity index (χ2v) is 4.19. The highest BCUT2D eigenvalue weighted by Crippen LogP contribution is 2.13. The molecule has 98 valence electrons. The summed E-state index contributed by atoms with van der Waals surface area (Å²) in [5, 5.41) is 12.1. The molecular formula is C12H14ClNO4. The number of anilines is 1. The summed E-state index contributed by atoms with van der Waals surface area (Å²) in [5.41, 5.74) is 0.546. The number of hydrogen-bond donors (Lipinski definition) is 2. The van der Waals surface area contributed by atoms with Crippen LogP contribution in [0.5, 0.6) is 0 Å². The number of halogens is 1. The van der Waals surface area contributed by atoms with Crippen molar-refractivity contribution in [2.24, 2.45) is 0 Å². The zero-order valence-electron chi connectivity index (χ0n) is 10.0. The smallest absolute Gasteiger partial charge is 0.335 e. The van der Waals surface area contributed by atoms with Crippen LogP contribution in [0.4, 0.5) is 5.69 Å². The molecule has 1 aromatic carbocycles. The molecule has 0 saturated carbocycles. The van der Waals surface area contributed by atoms with Gasteiger partial charge >= 0.3 is 5.97 Å². The molecule has 2 atom stereocenters. The molecule has 2 unspecified atom stereocenters. The first-order valence-electron chi connectivity index (χ1n) is 5.35. The lowest BCUT2D eigenvalue weighted by Gasteiger charge is -2.14. The number of esters is 1. The van der Waals surface area contributed by atoms with Gasteiger partial charge in [-0.3, -0.25) is 4.79 Å². The van der Waals surface area contributed by atoms with Crippen molar-refractivity contribution in [3.63, 3.8) is 0 Å². The lowest BCUT2D eigenvalue weighted by Crippen LogP contribution is -2.33. The van der Waals surface area contributed by atoms with E-state index in [0.717, 1.165) is 0 Å². The molecule has 2 N–H and O–H groups in total. The largest absolute Gasteiger partial charge is 0.451 e. The highest BCUT2D eigenvalue weighted by Gasteiger charge is 2.20. The number of amides is 1. The summed E-state index contributed by atoms with van der Waals surface area (Å²) < 4.78 is 4.74. The number of hydrogen-bond acceptors (Lipinski definition) is 4. The van der Waals surface area contributed by atoms with Crippen molar-refractivity contribution in [2.75, 3.05) is 5.32 Å². The Balaban J connectivity index is 2.54. The van der Waals surface area contributed by atoms with E-state index in [1.807, 2.05) is 0 Å². The molecule has 18 heavy (non-hydrogen) atoms. The molecule has 5 nitrogen and oxygen atoms in total. The fourth-order valence-corrected chi connectivity index (χ4v) is 1.23. The molecule has 1 amide bonds. The van der Waals surface area contributed by atoms with Crippen molar-refractivity contribution in [2.45, 2.75) is 26.1 Å². The highest BCUT2D eigenvalue weighted by atomic mass is 35.5. The minimum atomic E-state index is -1.25. The first kappa shape index (κ1) is 14.5. The molecule has 0 aliphatic rings. The van der Waals surface area contributed by atoms with E-state index in [1.165, 1.54) is 13.8 Å². The number of nitrogens with one attached hydrogen (secondary N) is 1. The molecule has 1 rings (SSSR count). The average Bonchev–Trinajstić information content (AvgIpc) is 2.31. The monoisotopic (exact) mass is 271 g/mol. The quantitative estimate of drug-likeness (QED) is 0.816. The standard InChI is InChI=1S/C12H14ClNO4/c1-7(15)12(17)18-8(2)11(16)14-10-5-3-9(13)4-6-10/h3-8,15H,1-2H3,(H,14,16). The van der Waals surface area contributed by atoms with Crippen LogP contribution in [0.25, 0.3) is 0 Å². The Morgan fingerprint density at radius 2 is 1.83 bits per heavy atom. The first-order valence-corrected chi connectivity index (χ1v) is 5.73. The van der Waals surface area contributed by atoms with Crippen molar-refractivity contribution in [3.8, 4) is 0 Å². The second-order valence-electron chi connectivity index (χ2n) is 3.75. The molecule has 0 aromatic heterocycles. The van der Waals surface area contributed by atoms with Crippen LogP contribution in [0.15, 0.2) is 24.3 Å². The van der Waals surface area contributed by atoms with Gasteiger partial charge < -0.3 is 15.2 Å². The first-order chi connectivity index (χ1) is 8.40. The maximum atomic E-state index is 11.7. The van der Waals surface area contributed by atoms with Crippen molar-refractivity contribution in [1.82, 2.24) is 0 Å². The van der Waals surface area contributed by atoms with E-state index in [1.54, 1.807) is 24.3 Å². The molecule has 0 spiro atoms. The summed E-state index contributed by atoms with van der Waals surface area (Å²) in [6, 6.07) is 6.51. The van der Waals surface area contributed by atoms with Crippen molar-refractivity contribution >= 4 is 29.2 Å². The molecular weight excluding hydrogens is 258 g/mol. The summed E-state index contributed by atoms with van der Waals surface area (Å²) in [6.45, 7) is 2.69. The van der Waals surface area contributed by atoms with Crippen LogP contribution in [0.1, 0.15) is 13.8 Å². The number of benzene rings is 1. The number of carbonyl (C=O) groups is 2. The maximum Gasteiger partial charge on any atom is 0.335 e. The van der Waals surface area contributed by atoms with Gasteiger partial charge in [-0.1, -0.05) is 11.6 Å². The molecule has 0 radical (unpaired) electrons. The zero-order valence-corrected chi connectivity index (χ0v) is 10.8. The van der Waals surface area contributed by atoms with Crippen LogP contribution in [-0.2, 0) is 14.3 Å². The van der Waals surface area contributed by atoms with Crippen LogP contribution >= 0.6 is 11.6 Å². The lowest BCUT2D eigenvalue weighted by atomic mass is 10.3. The molecule has 1 aromatic rings. The fraction of sp³-hybridized carbons (Fsp3) is 0.333. The van der Waals surface area contributed by atoms with Crippen LogP contribution in [0, 0.1) is 0 Å². The van der Waals surface area contributed by atoms with Gasteiger partial charge in [0.2, 0.25) is 0 Å². The average molecular weight is 272 g/mol. The van der Waals surface area contributed by atoms with E-state index in [0.29, 0.717) is 10.7 Å². The van der Waals surface area contributed by atoms with Gasteiger partial charge in [0.05, 0.1) is 0 Å². The SMILES string of the molecule is CC(O)C(=O)OC(C)C(=O)Nc1ccc(Cl)cc1. The summed E-state index contributed by atoms with van der Waals surface area (Å²) >= 11 is 5.70. The predicted molar refractivity (Wildman–Crippen MR) is 67.3 cm³/mol. The van der Waals surface area contributed by atoms with Gasteiger partial charge in [-0.25, -0.2) is 4.79 Å². The van der Waals surface area contributed by atoms with Crippen molar-refractivity contribution in [1.29, 1.82) is 0 Å².